The van der Waals surface area contributed by atoms with Crippen molar-refractivity contribution in [1.29, 1.82) is 0 Å². The van der Waals surface area contributed by atoms with Gasteiger partial charge in [0.2, 0.25) is 5.91 Å². The quantitative estimate of drug-likeness (QED) is 0.554. The molecule has 0 saturated carbocycles. The van der Waals surface area contributed by atoms with E-state index in [4.69, 9.17) is 0 Å². The second kappa shape index (κ2) is 9.41. The van der Waals surface area contributed by atoms with Crippen molar-refractivity contribution in [3.05, 3.63) is 0 Å². The van der Waals surface area contributed by atoms with E-state index >= 15 is 0 Å². The Morgan fingerprint density at radius 1 is 0.950 bits per heavy atom. The van der Waals surface area contributed by atoms with Crippen molar-refractivity contribution in [1.82, 2.24) is 4.90 Å². The van der Waals surface area contributed by atoms with Gasteiger partial charge >= 0.3 is 0 Å². The van der Waals surface area contributed by atoms with Gasteiger partial charge < -0.3 is 4.90 Å². The fraction of sp³-hybridized carbons (Fsp3) is 0.944. The van der Waals surface area contributed by atoms with E-state index in [1.54, 1.807) is 0 Å². The van der Waals surface area contributed by atoms with Crippen molar-refractivity contribution in [2.24, 2.45) is 5.41 Å². The minimum atomic E-state index is 0.0737. The predicted octanol–water partition coefficient (Wildman–Crippen LogP) is 5.41. The van der Waals surface area contributed by atoms with Gasteiger partial charge in [-0.2, -0.15) is 0 Å². The molecule has 0 saturated heterocycles. The summed E-state index contributed by atoms with van der Waals surface area (Å²) < 4.78 is 0. The third-order valence-corrected chi connectivity index (χ3v) is 3.79. The van der Waals surface area contributed by atoms with Gasteiger partial charge in [-0.3, -0.25) is 4.79 Å². The third kappa shape index (κ3) is 7.31. The first-order valence-electron chi connectivity index (χ1n) is 8.57. The molecule has 1 unspecified atom stereocenters. The summed E-state index contributed by atoms with van der Waals surface area (Å²) >= 11 is 0. The van der Waals surface area contributed by atoms with Crippen molar-refractivity contribution in [3.8, 4) is 0 Å². The van der Waals surface area contributed by atoms with Gasteiger partial charge in [0.05, 0.1) is 0 Å². The molecule has 0 aromatic heterocycles. The van der Waals surface area contributed by atoms with Crippen LogP contribution in [0.3, 0.4) is 0 Å². The van der Waals surface area contributed by atoms with E-state index in [1.165, 1.54) is 0 Å². The molecule has 0 aromatic rings. The Labute approximate surface area is 127 Å². The van der Waals surface area contributed by atoms with Gasteiger partial charge in [-0.25, -0.2) is 0 Å². The van der Waals surface area contributed by atoms with Crippen molar-refractivity contribution >= 4 is 5.91 Å². The van der Waals surface area contributed by atoms with Crippen molar-refractivity contribution in [2.75, 3.05) is 0 Å². The number of nitrogens with zero attached hydrogens (tertiary/aromatic N) is 1. The van der Waals surface area contributed by atoms with E-state index in [9.17, 15) is 4.79 Å². The molecule has 0 heterocycles. The maximum atomic E-state index is 12.8. The Kier molecular flexibility index (Phi) is 9.16. The molecule has 2 heteroatoms. The molecule has 0 radical (unpaired) electrons. The van der Waals surface area contributed by atoms with Crippen molar-refractivity contribution in [3.63, 3.8) is 0 Å². The molecule has 0 spiro atoms. The number of hydrogen-bond donors (Lipinski definition) is 0. The Morgan fingerprint density at radius 3 is 1.75 bits per heavy atom. The number of hydrogen-bond acceptors (Lipinski definition) is 1. The number of amides is 1. The van der Waals surface area contributed by atoms with Crippen LogP contribution >= 0.6 is 0 Å². The van der Waals surface area contributed by atoms with Crippen molar-refractivity contribution in [2.45, 2.75) is 105 Å². The summed E-state index contributed by atoms with van der Waals surface area (Å²) in [4.78, 5) is 15.0. The molecule has 0 aliphatic rings. The average Bonchev–Trinajstić information content (AvgIpc) is 2.27. The highest BCUT2D eigenvalue weighted by atomic mass is 16.2. The van der Waals surface area contributed by atoms with Gasteiger partial charge in [-0.05, 0) is 31.6 Å². The van der Waals surface area contributed by atoms with Gasteiger partial charge in [0.15, 0.2) is 0 Å². The zero-order valence-electron chi connectivity index (χ0n) is 15.0. The summed E-state index contributed by atoms with van der Waals surface area (Å²) in [6, 6.07) is 0.805. The smallest absolute Gasteiger partial charge is 0.223 e. The molecule has 120 valence electrons. The highest BCUT2D eigenvalue weighted by Gasteiger charge is 2.29. The monoisotopic (exact) mass is 283 g/mol. The SMILES string of the molecule is CCCC(C)N(C(=O)CC(C)(C)C)C(CCC)CCC. The Morgan fingerprint density at radius 2 is 1.40 bits per heavy atom. The molecule has 0 aliphatic carbocycles. The van der Waals surface area contributed by atoms with Crippen LogP contribution in [0.15, 0.2) is 0 Å². The third-order valence-electron chi connectivity index (χ3n) is 3.79. The molecule has 0 rings (SSSR count). The summed E-state index contributed by atoms with van der Waals surface area (Å²) in [5, 5.41) is 0. The van der Waals surface area contributed by atoms with Gasteiger partial charge in [-0.15, -0.1) is 0 Å². The molecule has 0 N–H and O–H groups in total. The minimum absolute atomic E-state index is 0.0737. The van der Waals surface area contributed by atoms with Crippen LogP contribution in [-0.4, -0.2) is 22.9 Å². The fourth-order valence-electron chi connectivity index (χ4n) is 3.00. The number of carbonyl (C=O) groups is 1. The van der Waals surface area contributed by atoms with E-state index in [0.29, 0.717) is 24.4 Å². The van der Waals surface area contributed by atoms with Crippen molar-refractivity contribution < 1.29 is 4.79 Å². The Bertz CT molecular complexity index is 261. The molecule has 20 heavy (non-hydrogen) atoms. The van der Waals surface area contributed by atoms with E-state index in [1.807, 2.05) is 0 Å². The molecule has 2 nitrogen and oxygen atoms in total. The summed E-state index contributed by atoms with van der Waals surface area (Å²) in [6.07, 6.45) is 7.50. The van der Waals surface area contributed by atoms with Gasteiger partial charge in [0.25, 0.3) is 0 Å². The Balaban J connectivity index is 5.07. The van der Waals surface area contributed by atoms with E-state index in [2.05, 4.69) is 53.4 Å². The first-order chi connectivity index (χ1) is 9.26. The van der Waals surface area contributed by atoms with Gasteiger partial charge in [0.1, 0.15) is 0 Å². The van der Waals surface area contributed by atoms with Crippen LogP contribution in [-0.2, 0) is 4.79 Å². The lowest BCUT2D eigenvalue weighted by Crippen LogP contribution is -2.47. The maximum Gasteiger partial charge on any atom is 0.223 e. The zero-order chi connectivity index (χ0) is 15.8. The number of carbonyl (C=O) groups excluding carboxylic acids is 1. The lowest BCUT2D eigenvalue weighted by Gasteiger charge is -2.38. The van der Waals surface area contributed by atoms with E-state index < -0.39 is 0 Å². The Hall–Kier alpha value is -0.530. The zero-order valence-corrected chi connectivity index (χ0v) is 15.0. The molecular formula is C18H37NO. The van der Waals surface area contributed by atoms with Crippen LogP contribution in [0.4, 0.5) is 0 Å². The minimum Gasteiger partial charge on any atom is -0.337 e. The lowest BCUT2D eigenvalue weighted by atomic mass is 9.90. The second-order valence-electron chi connectivity index (χ2n) is 7.41. The molecule has 0 fully saturated rings. The molecule has 0 aromatic carbocycles. The molecule has 0 aliphatic heterocycles. The average molecular weight is 284 g/mol. The van der Waals surface area contributed by atoms with E-state index in [0.717, 1.165) is 38.5 Å². The topological polar surface area (TPSA) is 20.3 Å². The maximum absolute atomic E-state index is 12.8. The summed E-state index contributed by atoms with van der Waals surface area (Å²) in [5.41, 5.74) is 0.0737. The highest BCUT2D eigenvalue weighted by Crippen LogP contribution is 2.25. The van der Waals surface area contributed by atoms with Crippen LogP contribution in [0.5, 0.6) is 0 Å². The largest absolute Gasteiger partial charge is 0.337 e. The first-order valence-corrected chi connectivity index (χ1v) is 8.57. The lowest BCUT2D eigenvalue weighted by molar-refractivity contribution is -0.138. The summed E-state index contributed by atoms with van der Waals surface area (Å²) in [6.45, 7) is 15.3. The number of rotatable bonds is 9. The normalized spacial score (nSPS) is 13.6. The fourth-order valence-corrected chi connectivity index (χ4v) is 3.00. The summed E-state index contributed by atoms with van der Waals surface area (Å²) in [7, 11) is 0. The molecule has 1 amide bonds. The molecule has 1 atom stereocenters. The van der Waals surface area contributed by atoms with Crippen LogP contribution in [0, 0.1) is 5.41 Å². The van der Waals surface area contributed by atoms with Crippen LogP contribution in [0.2, 0.25) is 0 Å². The molecule has 0 bridgehead atoms. The standard InChI is InChI=1S/C18H37NO/c1-8-11-15(4)19(16(12-9-2)13-10-3)17(20)14-18(5,6)7/h15-16H,8-14H2,1-7H3. The predicted molar refractivity (Wildman–Crippen MR) is 88.9 cm³/mol. The molecular weight excluding hydrogens is 246 g/mol. The van der Waals surface area contributed by atoms with Crippen LogP contribution < -0.4 is 0 Å². The van der Waals surface area contributed by atoms with Gasteiger partial charge in [-0.1, -0.05) is 60.8 Å². The van der Waals surface area contributed by atoms with Gasteiger partial charge in [0, 0.05) is 18.5 Å². The van der Waals surface area contributed by atoms with E-state index in [-0.39, 0.29) is 5.41 Å². The van der Waals surface area contributed by atoms with Crippen LogP contribution in [0.1, 0.15) is 93.4 Å². The van der Waals surface area contributed by atoms with Crippen LogP contribution in [0.25, 0.3) is 0 Å². The highest BCUT2D eigenvalue weighted by molar-refractivity contribution is 5.77. The second-order valence-corrected chi connectivity index (χ2v) is 7.41. The summed E-state index contributed by atoms with van der Waals surface area (Å²) in [5.74, 6) is 0.352. The first kappa shape index (κ1) is 19.5.